The number of hydrogen-bond acceptors (Lipinski definition) is 7. The van der Waals surface area contributed by atoms with Crippen LogP contribution in [0.15, 0.2) is 66.0 Å². The van der Waals surface area contributed by atoms with E-state index in [1.54, 1.807) is 24.4 Å². The molecule has 2 aromatic heterocycles. The highest BCUT2D eigenvalue weighted by Gasteiger charge is 2.11. The van der Waals surface area contributed by atoms with Crippen molar-refractivity contribution in [2.45, 2.75) is 11.4 Å². The predicted octanol–water partition coefficient (Wildman–Crippen LogP) is 2.68. The van der Waals surface area contributed by atoms with Crippen LogP contribution in [0.2, 0.25) is 0 Å². The predicted molar refractivity (Wildman–Crippen MR) is 110 cm³/mol. The molecule has 2 aromatic carbocycles. The summed E-state index contributed by atoms with van der Waals surface area (Å²) >= 11 is 1.14. The van der Waals surface area contributed by atoms with Crippen LogP contribution in [0, 0.1) is 0 Å². The maximum Gasteiger partial charge on any atom is 0.255 e. The summed E-state index contributed by atoms with van der Waals surface area (Å²) in [5.74, 6) is 0.331. The Labute approximate surface area is 170 Å². The third-order valence-electron chi connectivity index (χ3n) is 4.09. The molecule has 0 aliphatic carbocycles. The number of amides is 1. The van der Waals surface area contributed by atoms with Gasteiger partial charge in [0.2, 0.25) is 0 Å². The normalized spacial score (nSPS) is 11.1. The molecular formula is C20H17N5O3S. The maximum atomic E-state index is 12.7. The van der Waals surface area contributed by atoms with E-state index >= 15 is 0 Å². The van der Waals surface area contributed by atoms with Crippen molar-refractivity contribution in [3.05, 3.63) is 66.4 Å². The average molecular weight is 407 g/mol. The van der Waals surface area contributed by atoms with E-state index in [9.17, 15) is 4.79 Å². The highest BCUT2D eigenvalue weighted by molar-refractivity contribution is 7.99. The zero-order valence-corrected chi connectivity index (χ0v) is 15.9. The van der Waals surface area contributed by atoms with Crippen LogP contribution in [0.3, 0.4) is 0 Å². The number of H-pyrrole nitrogens is 1. The van der Waals surface area contributed by atoms with Crippen LogP contribution in [0.5, 0.6) is 0 Å². The van der Waals surface area contributed by atoms with E-state index in [2.05, 4.69) is 25.5 Å². The lowest BCUT2D eigenvalue weighted by Crippen LogP contribution is -2.11. The Morgan fingerprint density at radius 1 is 1.10 bits per heavy atom. The van der Waals surface area contributed by atoms with Crippen molar-refractivity contribution in [3.63, 3.8) is 0 Å². The fraction of sp³-hybridized carbons (Fsp3) is 0.100. The summed E-state index contributed by atoms with van der Waals surface area (Å²) in [5.41, 5.74) is 2.72. The summed E-state index contributed by atoms with van der Waals surface area (Å²) < 4.78 is 0. The van der Waals surface area contributed by atoms with E-state index in [4.69, 9.17) is 10.2 Å². The van der Waals surface area contributed by atoms with Crippen molar-refractivity contribution in [2.75, 3.05) is 11.1 Å². The van der Waals surface area contributed by atoms with E-state index in [0.717, 1.165) is 22.7 Å². The molecule has 4 aromatic rings. The van der Waals surface area contributed by atoms with Gasteiger partial charge < -0.3 is 20.5 Å². The summed E-state index contributed by atoms with van der Waals surface area (Å²) in [7, 11) is 0. The third kappa shape index (κ3) is 4.60. The van der Waals surface area contributed by atoms with Gasteiger partial charge in [-0.2, -0.15) is 0 Å². The van der Waals surface area contributed by atoms with Gasteiger partial charge in [0.15, 0.2) is 17.3 Å². The Morgan fingerprint density at radius 3 is 2.86 bits per heavy atom. The van der Waals surface area contributed by atoms with Gasteiger partial charge >= 0.3 is 0 Å². The average Bonchev–Trinajstić information content (AvgIpc) is 3.21. The Balaban J connectivity index is 1.51. The summed E-state index contributed by atoms with van der Waals surface area (Å²) in [5, 5.41) is 30.2. The zero-order valence-electron chi connectivity index (χ0n) is 15.1. The Morgan fingerprint density at radius 2 is 2.00 bits per heavy atom. The Hall–Kier alpha value is -3.27. The van der Waals surface area contributed by atoms with E-state index < -0.39 is 6.29 Å². The molecule has 0 aliphatic heterocycles. The molecule has 29 heavy (non-hydrogen) atoms. The number of thioether (sulfide) groups is 1. The lowest BCUT2D eigenvalue weighted by molar-refractivity contribution is -0.0186. The molecule has 2 heterocycles. The van der Waals surface area contributed by atoms with Gasteiger partial charge in [0.25, 0.3) is 5.91 Å². The Kier molecular flexibility index (Phi) is 5.52. The molecule has 0 unspecified atom stereocenters. The van der Waals surface area contributed by atoms with Crippen molar-refractivity contribution in [3.8, 4) is 11.4 Å². The highest BCUT2D eigenvalue weighted by Crippen LogP contribution is 2.22. The lowest BCUT2D eigenvalue weighted by atomic mass is 10.1. The fourth-order valence-electron chi connectivity index (χ4n) is 2.76. The van der Waals surface area contributed by atoms with Crippen molar-refractivity contribution in [1.82, 2.24) is 20.2 Å². The summed E-state index contributed by atoms with van der Waals surface area (Å²) in [6, 6.07) is 16.3. The minimum atomic E-state index is -1.42. The first kappa shape index (κ1) is 19.1. The van der Waals surface area contributed by atoms with Crippen LogP contribution in [0.4, 0.5) is 5.69 Å². The standard InChI is InChI=1S/C20H17N5O3S/c26-17(27)11-29-20-23-18(24-25-20)13-3-1-4-14(9-13)19(28)22-15-6-7-16-12(10-15)5-2-8-21-16/h1-10,17,26-27H,11H2,(H,22,28)(H,23,24,25). The number of benzene rings is 2. The molecule has 0 aliphatic rings. The molecule has 8 nitrogen and oxygen atoms in total. The van der Waals surface area contributed by atoms with Crippen LogP contribution in [0.25, 0.3) is 22.3 Å². The van der Waals surface area contributed by atoms with Crippen LogP contribution >= 0.6 is 11.8 Å². The van der Waals surface area contributed by atoms with Gasteiger partial charge in [-0.25, -0.2) is 0 Å². The monoisotopic (exact) mass is 407 g/mol. The summed E-state index contributed by atoms with van der Waals surface area (Å²) in [4.78, 5) is 20.0. The first-order chi connectivity index (χ1) is 14.1. The quantitative estimate of drug-likeness (QED) is 0.286. The highest BCUT2D eigenvalue weighted by atomic mass is 32.2. The number of hydrogen-bond donors (Lipinski definition) is 4. The number of rotatable bonds is 6. The zero-order chi connectivity index (χ0) is 20.2. The van der Waals surface area contributed by atoms with Crippen LogP contribution in [-0.2, 0) is 0 Å². The van der Waals surface area contributed by atoms with Gasteiger partial charge in [0, 0.05) is 28.4 Å². The molecule has 0 atom stereocenters. The number of aromatic nitrogens is 4. The molecule has 4 N–H and O–H groups in total. The van der Waals surface area contributed by atoms with Crippen LogP contribution < -0.4 is 5.32 Å². The van der Waals surface area contributed by atoms with E-state index in [0.29, 0.717) is 27.8 Å². The van der Waals surface area contributed by atoms with E-state index in [1.165, 1.54) is 0 Å². The summed E-state index contributed by atoms with van der Waals surface area (Å²) in [6.45, 7) is 0. The SMILES string of the molecule is O=C(Nc1ccc2ncccc2c1)c1cccc(-c2nnc(SCC(O)O)[nH]2)c1. The summed E-state index contributed by atoms with van der Waals surface area (Å²) in [6.07, 6.45) is 0.303. The van der Waals surface area contributed by atoms with E-state index in [1.807, 2.05) is 36.4 Å². The second-order valence-electron chi connectivity index (χ2n) is 6.22. The molecule has 0 fully saturated rings. The number of aliphatic hydroxyl groups is 2. The molecule has 9 heteroatoms. The van der Waals surface area contributed by atoms with Gasteiger partial charge in [-0.3, -0.25) is 9.78 Å². The largest absolute Gasteiger partial charge is 0.367 e. The van der Waals surface area contributed by atoms with E-state index in [-0.39, 0.29) is 11.7 Å². The van der Waals surface area contributed by atoms with Crippen LogP contribution in [-0.4, -0.2) is 48.3 Å². The minimum absolute atomic E-state index is 0.0817. The molecule has 0 radical (unpaired) electrons. The first-order valence-corrected chi connectivity index (χ1v) is 9.75. The molecule has 0 spiro atoms. The fourth-order valence-corrected chi connectivity index (χ4v) is 3.33. The molecule has 0 bridgehead atoms. The second-order valence-corrected chi connectivity index (χ2v) is 7.22. The van der Waals surface area contributed by atoms with Crippen molar-refractivity contribution < 1.29 is 15.0 Å². The van der Waals surface area contributed by atoms with Gasteiger partial charge in [0.05, 0.1) is 11.3 Å². The van der Waals surface area contributed by atoms with Gasteiger partial charge in [-0.1, -0.05) is 30.0 Å². The minimum Gasteiger partial charge on any atom is -0.367 e. The number of pyridine rings is 1. The Bertz CT molecular complexity index is 1160. The molecule has 0 saturated heterocycles. The van der Waals surface area contributed by atoms with Gasteiger partial charge in [0.1, 0.15) is 0 Å². The first-order valence-electron chi connectivity index (χ1n) is 8.77. The molecular weight excluding hydrogens is 390 g/mol. The second kappa shape index (κ2) is 8.39. The van der Waals surface area contributed by atoms with Crippen LogP contribution in [0.1, 0.15) is 10.4 Å². The van der Waals surface area contributed by atoms with Gasteiger partial charge in [-0.05, 0) is 36.4 Å². The number of anilines is 1. The smallest absolute Gasteiger partial charge is 0.255 e. The number of nitrogens with zero attached hydrogens (tertiary/aromatic N) is 3. The molecule has 146 valence electrons. The number of carbonyl (C=O) groups excluding carboxylic acids is 1. The number of carbonyl (C=O) groups is 1. The number of nitrogens with one attached hydrogen (secondary N) is 2. The molecule has 4 rings (SSSR count). The lowest BCUT2D eigenvalue weighted by Gasteiger charge is -2.07. The maximum absolute atomic E-state index is 12.7. The van der Waals surface area contributed by atoms with Crippen molar-refractivity contribution >= 4 is 34.3 Å². The molecule has 1 amide bonds. The van der Waals surface area contributed by atoms with Gasteiger partial charge in [-0.15, -0.1) is 10.2 Å². The van der Waals surface area contributed by atoms with Crippen molar-refractivity contribution in [1.29, 1.82) is 0 Å². The van der Waals surface area contributed by atoms with Crippen molar-refractivity contribution in [2.24, 2.45) is 0 Å². The number of fused-ring (bicyclic) bond motifs is 1. The molecule has 0 saturated carbocycles. The number of aliphatic hydroxyl groups excluding tert-OH is 1. The topological polar surface area (TPSA) is 124 Å². The third-order valence-corrected chi connectivity index (χ3v) is 5.02. The number of aromatic amines is 1.